The van der Waals surface area contributed by atoms with E-state index in [-0.39, 0.29) is 19.9 Å². The largest absolute Gasteiger partial charge is 0.508 e. The summed E-state index contributed by atoms with van der Waals surface area (Å²) in [5.41, 5.74) is 1.02. The first kappa shape index (κ1) is 9.21. The minimum atomic E-state index is -0.338. The van der Waals surface area contributed by atoms with E-state index in [0.717, 1.165) is 12.0 Å². The van der Waals surface area contributed by atoms with Crippen LogP contribution < -0.4 is 0 Å². The summed E-state index contributed by atoms with van der Waals surface area (Å²) in [5, 5.41) is 9.15. The second-order valence-corrected chi connectivity index (χ2v) is 3.61. The fourth-order valence-electron chi connectivity index (χ4n) is 1.13. The van der Waals surface area contributed by atoms with Crippen LogP contribution in [0.5, 0.6) is 5.75 Å². The number of hydrogen-bond donors (Lipinski definition) is 1. The van der Waals surface area contributed by atoms with Crippen LogP contribution in [0.25, 0.3) is 0 Å². The van der Waals surface area contributed by atoms with Gasteiger partial charge in [-0.1, -0.05) is 23.6 Å². The molecule has 0 fully saturated rings. The molecule has 12 heavy (non-hydrogen) atoms. The Bertz CT molecular complexity index is 273. The molecule has 0 saturated heterocycles. The molecule has 0 amide bonds. The van der Waals surface area contributed by atoms with Crippen LogP contribution in [0.3, 0.4) is 0 Å². The van der Waals surface area contributed by atoms with Crippen molar-refractivity contribution in [2.24, 2.45) is 0 Å². The molecular formula is C9H12O2P+. The van der Waals surface area contributed by atoms with E-state index in [2.05, 4.69) is 0 Å². The Hall–Kier alpha value is -0.880. The SMILES string of the molecule is CCC([PH+]=O)c1cccc(O)c1. The Morgan fingerprint density at radius 3 is 2.83 bits per heavy atom. The highest BCUT2D eigenvalue weighted by atomic mass is 31.1. The van der Waals surface area contributed by atoms with Crippen molar-refractivity contribution < 1.29 is 9.67 Å². The Kier molecular flexibility index (Phi) is 3.24. The minimum Gasteiger partial charge on any atom is -0.508 e. The number of benzene rings is 1. The molecule has 0 aliphatic rings. The molecule has 2 nitrogen and oxygen atoms in total. The average molecular weight is 183 g/mol. The molecular weight excluding hydrogens is 171 g/mol. The summed E-state index contributed by atoms with van der Waals surface area (Å²) in [6, 6.07) is 6.94. The van der Waals surface area contributed by atoms with E-state index in [0.29, 0.717) is 0 Å². The number of hydrogen-bond acceptors (Lipinski definition) is 2. The van der Waals surface area contributed by atoms with Gasteiger partial charge in [0.15, 0.2) is 5.66 Å². The standard InChI is InChI=1S/C9H11O2P/c1-2-9(12-11)7-4-3-5-8(10)6-7/h3-6,9-10H,2H2,1H3/p+1. The monoisotopic (exact) mass is 183 g/mol. The molecule has 2 atom stereocenters. The molecule has 0 radical (unpaired) electrons. The zero-order chi connectivity index (χ0) is 8.97. The van der Waals surface area contributed by atoms with Crippen molar-refractivity contribution in [3.8, 4) is 5.75 Å². The van der Waals surface area contributed by atoms with E-state index in [1.54, 1.807) is 18.2 Å². The van der Waals surface area contributed by atoms with Crippen LogP contribution in [0.15, 0.2) is 24.3 Å². The van der Waals surface area contributed by atoms with Crippen molar-refractivity contribution in [3.63, 3.8) is 0 Å². The number of phenols is 1. The Labute approximate surface area is 73.4 Å². The lowest BCUT2D eigenvalue weighted by atomic mass is 10.1. The predicted molar refractivity (Wildman–Crippen MR) is 50.1 cm³/mol. The van der Waals surface area contributed by atoms with E-state index in [1.165, 1.54) is 0 Å². The molecule has 0 aromatic heterocycles. The van der Waals surface area contributed by atoms with Gasteiger partial charge in [0.2, 0.25) is 0 Å². The van der Waals surface area contributed by atoms with E-state index < -0.39 is 0 Å². The van der Waals surface area contributed by atoms with Crippen LogP contribution in [0, 0.1) is 0 Å². The highest BCUT2D eigenvalue weighted by molar-refractivity contribution is 7.24. The summed E-state index contributed by atoms with van der Waals surface area (Å²) < 4.78 is 10.7. The van der Waals surface area contributed by atoms with Gasteiger partial charge >= 0.3 is 8.46 Å². The first-order chi connectivity index (χ1) is 5.77. The van der Waals surface area contributed by atoms with Crippen molar-refractivity contribution >= 4 is 8.46 Å². The third-order valence-corrected chi connectivity index (χ3v) is 2.85. The normalized spacial score (nSPS) is 13.1. The topological polar surface area (TPSA) is 37.3 Å². The maximum absolute atomic E-state index is 10.7. The van der Waals surface area contributed by atoms with Crippen molar-refractivity contribution in [2.45, 2.75) is 19.0 Å². The summed E-state index contributed by atoms with van der Waals surface area (Å²) in [7, 11) is -0.338. The van der Waals surface area contributed by atoms with Gasteiger partial charge < -0.3 is 5.11 Å². The van der Waals surface area contributed by atoms with Crippen molar-refractivity contribution in [2.75, 3.05) is 0 Å². The van der Waals surface area contributed by atoms with Gasteiger partial charge in [-0.2, -0.15) is 0 Å². The van der Waals surface area contributed by atoms with Gasteiger partial charge in [-0.25, -0.2) is 0 Å². The zero-order valence-electron chi connectivity index (χ0n) is 6.95. The fourth-order valence-corrected chi connectivity index (χ4v) is 1.61. The molecule has 64 valence electrons. The van der Waals surface area contributed by atoms with Gasteiger partial charge in [0.1, 0.15) is 5.75 Å². The lowest BCUT2D eigenvalue weighted by molar-refractivity contribution is 0.474. The van der Waals surface area contributed by atoms with Crippen molar-refractivity contribution in [1.29, 1.82) is 0 Å². The molecule has 3 heteroatoms. The molecule has 0 bridgehead atoms. The summed E-state index contributed by atoms with van der Waals surface area (Å²) in [5.74, 6) is 0.240. The zero-order valence-corrected chi connectivity index (χ0v) is 7.95. The second-order valence-electron chi connectivity index (χ2n) is 2.67. The average Bonchev–Trinajstić information content (AvgIpc) is 2.07. The molecule has 1 rings (SSSR count). The maximum Gasteiger partial charge on any atom is 0.332 e. The smallest absolute Gasteiger partial charge is 0.332 e. The lowest BCUT2D eigenvalue weighted by Crippen LogP contribution is -1.86. The quantitative estimate of drug-likeness (QED) is 0.731. The van der Waals surface area contributed by atoms with E-state index >= 15 is 0 Å². The molecule has 0 saturated carbocycles. The lowest BCUT2D eigenvalue weighted by Gasteiger charge is -2.00. The molecule has 2 unspecified atom stereocenters. The van der Waals surface area contributed by atoms with E-state index in [4.69, 9.17) is 5.11 Å². The van der Waals surface area contributed by atoms with Crippen LogP contribution in [0.2, 0.25) is 0 Å². The van der Waals surface area contributed by atoms with E-state index in [9.17, 15) is 4.57 Å². The first-order valence-corrected chi connectivity index (χ1v) is 4.93. The summed E-state index contributed by atoms with van der Waals surface area (Å²) in [6.07, 6.45) is 0.839. The Morgan fingerprint density at radius 1 is 1.58 bits per heavy atom. The highest BCUT2D eigenvalue weighted by Gasteiger charge is 2.15. The summed E-state index contributed by atoms with van der Waals surface area (Å²) in [6.45, 7) is 1.99. The van der Waals surface area contributed by atoms with Gasteiger partial charge in [0.25, 0.3) is 0 Å². The number of phenolic OH excluding ortho intramolecular Hbond substituents is 1. The molecule has 1 aromatic rings. The first-order valence-electron chi connectivity index (χ1n) is 3.94. The Balaban J connectivity index is 2.93. The molecule has 0 heterocycles. The molecule has 0 spiro atoms. The third kappa shape index (κ3) is 2.05. The maximum atomic E-state index is 10.7. The van der Waals surface area contributed by atoms with Gasteiger partial charge in [-0.15, -0.1) is 0 Å². The van der Waals surface area contributed by atoms with Gasteiger partial charge in [-0.3, -0.25) is 0 Å². The van der Waals surface area contributed by atoms with Gasteiger partial charge in [0, 0.05) is 5.56 Å². The predicted octanol–water partition coefficient (Wildman–Crippen LogP) is 2.87. The van der Waals surface area contributed by atoms with Crippen LogP contribution >= 0.6 is 8.46 Å². The van der Waals surface area contributed by atoms with Crippen molar-refractivity contribution in [3.05, 3.63) is 29.8 Å². The van der Waals surface area contributed by atoms with Crippen LogP contribution in [-0.4, -0.2) is 5.11 Å². The number of rotatable bonds is 3. The fraction of sp³-hybridized carbons (Fsp3) is 0.333. The number of aromatic hydroxyl groups is 1. The molecule has 1 N–H and O–H groups in total. The second kappa shape index (κ2) is 4.22. The van der Waals surface area contributed by atoms with Gasteiger partial charge in [-0.05, 0) is 18.6 Å². The van der Waals surface area contributed by atoms with Crippen LogP contribution in [0.1, 0.15) is 24.6 Å². The van der Waals surface area contributed by atoms with Crippen molar-refractivity contribution in [1.82, 2.24) is 0 Å². The summed E-state index contributed by atoms with van der Waals surface area (Å²) in [4.78, 5) is 0. The van der Waals surface area contributed by atoms with Gasteiger partial charge in [0.05, 0.1) is 0 Å². The minimum absolute atomic E-state index is 0.0668. The van der Waals surface area contributed by atoms with Crippen LogP contribution in [0.4, 0.5) is 0 Å². The van der Waals surface area contributed by atoms with E-state index in [1.807, 2.05) is 13.0 Å². The Morgan fingerprint density at radius 2 is 2.33 bits per heavy atom. The molecule has 0 aliphatic carbocycles. The molecule has 0 aliphatic heterocycles. The third-order valence-electron chi connectivity index (χ3n) is 1.82. The highest BCUT2D eigenvalue weighted by Crippen LogP contribution is 2.31. The summed E-state index contributed by atoms with van der Waals surface area (Å²) >= 11 is 0. The van der Waals surface area contributed by atoms with Crippen LogP contribution in [-0.2, 0) is 4.57 Å². The molecule has 1 aromatic carbocycles.